The first-order chi connectivity index (χ1) is 14.0. The SMILES string of the molecule is Cc1cc(N2CCN(CC(O)c3ccc4ccccc4c3)CC2)nc(C(C)C)n1. The van der Waals surface area contributed by atoms with Crippen molar-refractivity contribution in [2.45, 2.75) is 32.8 Å². The van der Waals surface area contributed by atoms with E-state index < -0.39 is 6.10 Å². The second kappa shape index (κ2) is 8.47. The zero-order chi connectivity index (χ0) is 20.4. The maximum absolute atomic E-state index is 10.8. The highest BCUT2D eigenvalue weighted by Crippen LogP contribution is 2.23. The van der Waals surface area contributed by atoms with Crippen LogP contribution in [0.1, 0.15) is 43.0 Å². The molecule has 0 amide bonds. The second-order valence-corrected chi connectivity index (χ2v) is 8.29. The highest BCUT2D eigenvalue weighted by molar-refractivity contribution is 5.83. The molecular formula is C24H30N4O. The Hall–Kier alpha value is -2.50. The van der Waals surface area contributed by atoms with Crippen LogP contribution in [0.2, 0.25) is 0 Å². The molecule has 5 nitrogen and oxygen atoms in total. The Morgan fingerprint density at radius 1 is 0.931 bits per heavy atom. The quantitative estimate of drug-likeness (QED) is 0.716. The van der Waals surface area contributed by atoms with Crippen molar-refractivity contribution < 1.29 is 5.11 Å². The van der Waals surface area contributed by atoms with Crippen molar-refractivity contribution in [1.82, 2.24) is 14.9 Å². The third kappa shape index (κ3) is 4.57. The van der Waals surface area contributed by atoms with Crippen LogP contribution in [0, 0.1) is 6.92 Å². The van der Waals surface area contributed by atoms with Crippen molar-refractivity contribution in [1.29, 1.82) is 0 Å². The minimum Gasteiger partial charge on any atom is -0.387 e. The summed E-state index contributed by atoms with van der Waals surface area (Å²) in [6.07, 6.45) is -0.472. The summed E-state index contributed by atoms with van der Waals surface area (Å²) in [4.78, 5) is 14.0. The van der Waals surface area contributed by atoms with Crippen LogP contribution in [0.25, 0.3) is 10.8 Å². The van der Waals surface area contributed by atoms with Crippen molar-refractivity contribution in [2.75, 3.05) is 37.6 Å². The molecule has 1 aliphatic heterocycles. The molecule has 1 aliphatic rings. The van der Waals surface area contributed by atoms with E-state index in [-0.39, 0.29) is 0 Å². The molecule has 5 heteroatoms. The van der Waals surface area contributed by atoms with E-state index in [0.717, 1.165) is 49.1 Å². The number of hydrogen-bond donors (Lipinski definition) is 1. The van der Waals surface area contributed by atoms with Gasteiger partial charge in [-0.1, -0.05) is 50.2 Å². The van der Waals surface area contributed by atoms with E-state index in [9.17, 15) is 5.11 Å². The van der Waals surface area contributed by atoms with Gasteiger partial charge in [-0.2, -0.15) is 0 Å². The molecule has 1 saturated heterocycles. The molecule has 1 aromatic heterocycles. The number of piperazine rings is 1. The van der Waals surface area contributed by atoms with E-state index in [0.29, 0.717) is 12.5 Å². The first kappa shape index (κ1) is 19.8. The zero-order valence-electron chi connectivity index (χ0n) is 17.5. The minimum absolute atomic E-state index is 0.326. The third-order valence-corrected chi connectivity index (χ3v) is 5.66. The summed E-state index contributed by atoms with van der Waals surface area (Å²) in [5.41, 5.74) is 2.01. The number of β-amino-alcohol motifs (C(OH)–C–C–N with tert-alkyl or cyclic N) is 1. The van der Waals surface area contributed by atoms with Crippen LogP contribution in [0.15, 0.2) is 48.5 Å². The molecule has 29 heavy (non-hydrogen) atoms. The predicted molar refractivity (Wildman–Crippen MR) is 118 cm³/mol. The van der Waals surface area contributed by atoms with Crippen LogP contribution in [-0.2, 0) is 0 Å². The van der Waals surface area contributed by atoms with Crippen LogP contribution in [0.5, 0.6) is 0 Å². The number of aromatic nitrogens is 2. The van der Waals surface area contributed by atoms with E-state index in [1.54, 1.807) is 0 Å². The van der Waals surface area contributed by atoms with Crippen molar-refractivity contribution >= 4 is 16.6 Å². The average molecular weight is 391 g/mol. The van der Waals surface area contributed by atoms with Gasteiger partial charge in [-0.15, -0.1) is 0 Å². The van der Waals surface area contributed by atoms with E-state index in [1.807, 2.05) is 25.1 Å². The highest BCUT2D eigenvalue weighted by atomic mass is 16.3. The molecule has 2 heterocycles. The van der Waals surface area contributed by atoms with E-state index in [4.69, 9.17) is 4.98 Å². The lowest BCUT2D eigenvalue weighted by Crippen LogP contribution is -2.48. The van der Waals surface area contributed by atoms with Crippen LogP contribution >= 0.6 is 0 Å². The van der Waals surface area contributed by atoms with Gasteiger partial charge in [0.05, 0.1) is 6.10 Å². The normalized spacial score (nSPS) is 16.5. The molecule has 1 N–H and O–H groups in total. The molecule has 0 bridgehead atoms. The Bertz CT molecular complexity index is 980. The van der Waals surface area contributed by atoms with Crippen LogP contribution in [-0.4, -0.2) is 52.7 Å². The number of aliphatic hydroxyl groups excluding tert-OH is 1. The first-order valence-corrected chi connectivity index (χ1v) is 10.5. The maximum Gasteiger partial charge on any atom is 0.133 e. The molecule has 1 unspecified atom stereocenters. The summed E-state index contributed by atoms with van der Waals surface area (Å²) in [5, 5.41) is 13.2. The number of anilines is 1. The fraction of sp³-hybridized carbons (Fsp3) is 0.417. The number of benzene rings is 2. The average Bonchev–Trinajstić information content (AvgIpc) is 2.73. The van der Waals surface area contributed by atoms with Gasteiger partial charge in [-0.25, -0.2) is 9.97 Å². The van der Waals surface area contributed by atoms with Crippen molar-refractivity contribution in [3.63, 3.8) is 0 Å². The molecular weight excluding hydrogens is 360 g/mol. The first-order valence-electron chi connectivity index (χ1n) is 10.5. The smallest absolute Gasteiger partial charge is 0.133 e. The summed E-state index contributed by atoms with van der Waals surface area (Å²) in [6, 6.07) is 16.6. The van der Waals surface area contributed by atoms with Gasteiger partial charge in [0, 0.05) is 50.4 Å². The van der Waals surface area contributed by atoms with Gasteiger partial charge in [0.15, 0.2) is 0 Å². The fourth-order valence-corrected chi connectivity index (χ4v) is 3.92. The van der Waals surface area contributed by atoms with Crippen LogP contribution < -0.4 is 4.90 Å². The Morgan fingerprint density at radius 3 is 2.38 bits per heavy atom. The number of fused-ring (bicyclic) bond motifs is 1. The van der Waals surface area contributed by atoms with Crippen LogP contribution in [0.3, 0.4) is 0 Å². The van der Waals surface area contributed by atoms with Crippen LogP contribution in [0.4, 0.5) is 5.82 Å². The van der Waals surface area contributed by atoms with E-state index in [2.05, 4.69) is 59.0 Å². The molecule has 3 aromatic rings. The van der Waals surface area contributed by atoms with E-state index >= 15 is 0 Å². The summed E-state index contributed by atoms with van der Waals surface area (Å²) < 4.78 is 0. The minimum atomic E-state index is -0.472. The monoisotopic (exact) mass is 390 g/mol. The number of hydrogen-bond acceptors (Lipinski definition) is 5. The van der Waals surface area contributed by atoms with Crippen molar-refractivity contribution in [3.8, 4) is 0 Å². The molecule has 0 spiro atoms. The molecule has 1 fully saturated rings. The summed E-state index contributed by atoms with van der Waals surface area (Å²) in [5.74, 6) is 2.26. The lowest BCUT2D eigenvalue weighted by atomic mass is 10.0. The highest BCUT2D eigenvalue weighted by Gasteiger charge is 2.22. The predicted octanol–water partition coefficient (Wildman–Crippen LogP) is 3.92. The standard InChI is InChI=1S/C24H30N4O/c1-17(2)24-25-18(3)14-23(26-24)28-12-10-27(11-13-28)16-22(29)21-9-8-19-6-4-5-7-20(19)15-21/h4-9,14-15,17,22,29H,10-13,16H2,1-3H3. The molecule has 152 valence electrons. The van der Waals surface area contributed by atoms with Crippen molar-refractivity contribution in [3.05, 3.63) is 65.6 Å². The molecule has 2 aromatic carbocycles. The van der Waals surface area contributed by atoms with Gasteiger partial charge in [0.1, 0.15) is 11.6 Å². The molecule has 1 atom stereocenters. The lowest BCUT2D eigenvalue weighted by Gasteiger charge is -2.36. The summed E-state index contributed by atoms with van der Waals surface area (Å²) in [6.45, 7) is 10.6. The van der Waals surface area contributed by atoms with Gasteiger partial charge in [-0.3, -0.25) is 4.90 Å². The Kier molecular flexibility index (Phi) is 5.79. The molecule has 0 saturated carbocycles. The number of aryl methyl sites for hydroxylation is 1. The van der Waals surface area contributed by atoms with Gasteiger partial charge in [0.25, 0.3) is 0 Å². The Morgan fingerprint density at radius 2 is 1.66 bits per heavy atom. The van der Waals surface area contributed by atoms with Gasteiger partial charge < -0.3 is 10.0 Å². The lowest BCUT2D eigenvalue weighted by molar-refractivity contribution is 0.109. The Labute approximate surface area is 173 Å². The van der Waals surface area contributed by atoms with Gasteiger partial charge in [0.2, 0.25) is 0 Å². The number of nitrogens with zero attached hydrogens (tertiary/aromatic N) is 4. The molecule has 4 rings (SSSR count). The summed E-state index contributed by atoms with van der Waals surface area (Å²) in [7, 11) is 0. The Balaban J connectivity index is 1.38. The van der Waals surface area contributed by atoms with Crippen molar-refractivity contribution in [2.24, 2.45) is 0 Å². The van der Waals surface area contributed by atoms with Gasteiger partial charge >= 0.3 is 0 Å². The molecule has 0 aliphatic carbocycles. The maximum atomic E-state index is 10.8. The fourth-order valence-electron chi connectivity index (χ4n) is 3.92. The summed E-state index contributed by atoms with van der Waals surface area (Å²) >= 11 is 0. The number of aliphatic hydroxyl groups is 1. The molecule has 0 radical (unpaired) electrons. The second-order valence-electron chi connectivity index (χ2n) is 8.29. The van der Waals surface area contributed by atoms with Gasteiger partial charge in [-0.05, 0) is 29.3 Å². The number of rotatable bonds is 5. The zero-order valence-corrected chi connectivity index (χ0v) is 17.5. The topological polar surface area (TPSA) is 52.5 Å². The largest absolute Gasteiger partial charge is 0.387 e. The third-order valence-electron chi connectivity index (χ3n) is 5.66. The van der Waals surface area contributed by atoms with E-state index in [1.165, 1.54) is 10.8 Å².